The number of hydrogen-bond donors (Lipinski definition) is 1. The molecule has 1 fully saturated rings. The van der Waals surface area contributed by atoms with E-state index >= 15 is 0 Å². The molecule has 4 heteroatoms. The molecule has 1 heterocycles. The Morgan fingerprint density at radius 2 is 2.19 bits per heavy atom. The van der Waals surface area contributed by atoms with Gasteiger partial charge in [-0.3, -0.25) is 10.6 Å². The van der Waals surface area contributed by atoms with Gasteiger partial charge in [0.15, 0.2) is 0 Å². The van der Waals surface area contributed by atoms with Crippen LogP contribution in [0.2, 0.25) is 0 Å². The second kappa shape index (κ2) is 5.09. The fourth-order valence-electron chi connectivity index (χ4n) is 1.83. The molecule has 0 spiro atoms. The molecule has 2 N–H and O–H groups in total. The Kier molecular flexibility index (Phi) is 3.54. The van der Waals surface area contributed by atoms with Crippen molar-refractivity contribution in [2.45, 2.75) is 13.0 Å². The van der Waals surface area contributed by atoms with Crippen molar-refractivity contribution >= 4 is 5.97 Å². The van der Waals surface area contributed by atoms with Gasteiger partial charge in [-0.25, -0.2) is 5.01 Å². The maximum Gasteiger partial charge on any atom is 0.310 e. The molecule has 1 aliphatic rings. The summed E-state index contributed by atoms with van der Waals surface area (Å²) in [6, 6.07) is 9.68. The van der Waals surface area contributed by atoms with Gasteiger partial charge < -0.3 is 4.74 Å². The highest BCUT2D eigenvalue weighted by atomic mass is 16.5. The molecule has 0 aromatic heterocycles. The summed E-state index contributed by atoms with van der Waals surface area (Å²) in [5.74, 6) is 5.39. The molecule has 4 nitrogen and oxygen atoms in total. The van der Waals surface area contributed by atoms with Gasteiger partial charge in [0.25, 0.3) is 0 Å². The summed E-state index contributed by atoms with van der Waals surface area (Å²) < 4.78 is 5.24. The van der Waals surface area contributed by atoms with Crippen molar-refractivity contribution in [3.63, 3.8) is 0 Å². The molecule has 1 atom stereocenters. The van der Waals surface area contributed by atoms with Gasteiger partial charge in [0, 0.05) is 13.1 Å². The average molecular weight is 220 g/mol. The van der Waals surface area contributed by atoms with Crippen LogP contribution in [0.5, 0.6) is 0 Å². The summed E-state index contributed by atoms with van der Waals surface area (Å²) in [5.41, 5.74) is 1.01. The lowest BCUT2D eigenvalue weighted by atomic mass is 10.1. The summed E-state index contributed by atoms with van der Waals surface area (Å²) in [6.07, 6.45) is 0.796. The van der Waals surface area contributed by atoms with Crippen LogP contribution in [0.4, 0.5) is 0 Å². The molecule has 0 amide bonds. The minimum atomic E-state index is -0.142. The number of nitrogens with two attached hydrogens (primary N) is 1. The fourth-order valence-corrected chi connectivity index (χ4v) is 1.83. The highest BCUT2D eigenvalue weighted by Gasteiger charge is 2.27. The lowest BCUT2D eigenvalue weighted by molar-refractivity contribution is -0.149. The number of hydrogen-bond acceptors (Lipinski definition) is 4. The molecule has 0 radical (unpaired) electrons. The van der Waals surface area contributed by atoms with Gasteiger partial charge in [0.1, 0.15) is 6.61 Å². The van der Waals surface area contributed by atoms with E-state index in [-0.39, 0.29) is 11.9 Å². The maximum atomic E-state index is 11.7. The first kappa shape index (κ1) is 11.1. The lowest BCUT2D eigenvalue weighted by Crippen LogP contribution is -2.29. The molecule has 16 heavy (non-hydrogen) atoms. The molecule has 1 aromatic carbocycles. The molecule has 0 aliphatic carbocycles. The number of nitrogens with zero attached hydrogens (tertiary/aromatic N) is 1. The van der Waals surface area contributed by atoms with Crippen LogP contribution >= 0.6 is 0 Å². The second-order valence-electron chi connectivity index (χ2n) is 4.07. The predicted molar refractivity (Wildman–Crippen MR) is 60.1 cm³/mol. The fraction of sp³-hybridized carbons (Fsp3) is 0.417. The summed E-state index contributed by atoms with van der Waals surface area (Å²) in [4.78, 5) is 11.7. The Bertz CT molecular complexity index is 353. The van der Waals surface area contributed by atoms with Crippen molar-refractivity contribution in [2.75, 3.05) is 13.1 Å². The van der Waals surface area contributed by atoms with Crippen molar-refractivity contribution in [3.05, 3.63) is 35.9 Å². The number of hydrazine groups is 1. The first-order valence-electron chi connectivity index (χ1n) is 5.46. The van der Waals surface area contributed by atoms with E-state index in [0.717, 1.165) is 18.5 Å². The van der Waals surface area contributed by atoms with Gasteiger partial charge in [-0.05, 0) is 12.0 Å². The number of rotatable bonds is 3. The van der Waals surface area contributed by atoms with Gasteiger partial charge in [0.05, 0.1) is 5.92 Å². The molecule has 0 saturated carbocycles. The third-order valence-electron chi connectivity index (χ3n) is 2.78. The van der Waals surface area contributed by atoms with Gasteiger partial charge >= 0.3 is 5.97 Å². The van der Waals surface area contributed by atoms with E-state index in [9.17, 15) is 4.79 Å². The zero-order chi connectivity index (χ0) is 11.4. The van der Waals surface area contributed by atoms with Gasteiger partial charge in [-0.2, -0.15) is 0 Å². The van der Waals surface area contributed by atoms with Crippen LogP contribution in [-0.2, 0) is 16.1 Å². The van der Waals surface area contributed by atoms with Gasteiger partial charge in [-0.15, -0.1) is 0 Å². The number of carbonyl (C=O) groups is 1. The molecule has 1 saturated heterocycles. The minimum absolute atomic E-state index is 0.0614. The molecule has 1 aromatic rings. The molecular weight excluding hydrogens is 204 g/mol. The van der Waals surface area contributed by atoms with E-state index in [1.54, 1.807) is 5.01 Å². The smallest absolute Gasteiger partial charge is 0.310 e. The Hall–Kier alpha value is -1.39. The monoisotopic (exact) mass is 220 g/mol. The van der Waals surface area contributed by atoms with Crippen LogP contribution in [0.25, 0.3) is 0 Å². The quantitative estimate of drug-likeness (QED) is 0.608. The first-order valence-corrected chi connectivity index (χ1v) is 5.46. The highest BCUT2D eigenvalue weighted by Crippen LogP contribution is 2.15. The molecular formula is C12H16N2O2. The summed E-state index contributed by atoms with van der Waals surface area (Å²) >= 11 is 0. The topological polar surface area (TPSA) is 55.6 Å². The number of benzene rings is 1. The van der Waals surface area contributed by atoms with E-state index in [1.165, 1.54) is 0 Å². The third-order valence-corrected chi connectivity index (χ3v) is 2.78. The van der Waals surface area contributed by atoms with E-state index < -0.39 is 0 Å². The molecule has 1 aliphatic heterocycles. The largest absolute Gasteiger partial charge is 0.461 e. The number of esters is 1. The van der Waals surface area contributed by atoms with Crippen LogP contribution in [-0.4, -0.2) is 24.1 Å². The Labute approximate surface area is 95.0 Å². The Morgan fingerprint density at radius 1 is 1.44 bits per heavy atom. The Balaban J connectivity index is 1.80. The zero-order valence-corrected chi connectivity index (χ0v) is 9.13. The standard InChI is InChI=1S/C12H16N2O2/c13-14-7-6-11(8-14)12(15)16-9-10-4-2-1-3-5-10/h1-5,11H,6-9,13H2/t11-/m0/s1. The third kappa shape index (κ3) is 2.81. The highest BCUT2D eigenvalue weighted by molar-refractivity contribution is 5.73. The summed E-state index contributed by atoms with van der Waals surface area (Å²) in [6.45, 7) is 1.72. The molecule has 2 rings (SSSR count). The number of carbonyl (C=O) groups excluding carboxylic acids is 1. The van der Waals surface area contributed by atoms with Crippen molar-refractivity contribution in [1.82, 2.24) is 5.01 Å². The SMILES string of the molecule is NN1CC[C@H](C(=O)OCc2ccccc2)C1. The summed E-state index contributed by atoms with van der Waals surface area (Å²) in [5, 5.41) is 1.66. The van der Waals surface area contributed by atoms with Crippen molar-refractivity contribution in [2.24, 2.45) is 11.8 Å². The Morgan fingerprint density at radius 3 is 2.81 bits per heavy atom. The molecule has 0 bridgehead atoms. The van der Waals surface area contributed by atoms with Crippen molar-refractivity contribution in [1.29, 1.82) is 0 Å². The zero-order valence-electron chi connectivity index (χ0n) is 9.13. The van der Waals surface area contributed by atoms with Crippen molar-refractivity contribution in [3.8, 4) is 0 Å². The minimum Gasteiger partial charge on any atom is -0.461 e. The maximum absolute atomic E-state index is 11.7. The lowest BCUT2D eigenvalue weighted by Gasteiger charge is -2.10. The van der Waals surface area contributed by atoms with Gasteiger partial charge in [-0.1, -0.05) is 30.3 Å². The normalized spacial score (nSPS) is 20.9. The second-order valence-corrected chi connectivity index (χ2v) is 4.07. The van der Waals surface area contributed by atoms with Crippen LogP contribution < -0.4 is 5.84 Å². The first-order chi connectivity index (χ1) is 7.75. The van der Waals surface area contributed by atoms with E-state index in [1.807, 2.05) is 30.3 Å². The summed E-state index contributed by atoms with van der Waals surface area (Å²) in [7, 11) is 0. The van der Waals surface area contributed by atoms with E-state index in [0.29, 0.717) is 13.2 Å². The van der Waals surface area contributed by atoms with Crippen LogP contribution in [0, 0.1) is 5.92 Å². The van der Waals surface area contributed by atoms with Crippen molar-refractivity contribution < 1.29 is 9.53 Å². The molecule has 0 unspecified atom stereocenters. The van der Waals surface area contributed by atoms with Crippen LogP contribution in [0.15, 0.2) is 30.3 Å². The van der Waals surface area contributed by atoms with Gasteiger partial charge in [0.2, 0.25) is 0 Å². The van der Waals surface area contributed by atoms with Crippen LogP contribution in [0.3, 0.4) is 0 Å². The van der Waals surface area contributed by atoms with E-state index in [2.05, 4.69) is 0 Å². The number of ether oxygens (including phenoxy) is 1. The average Bonchev–Trinajstić information content (AvgIpc) is 2.74. The van der Waals surface area contributed by atoms with E-state index in [4.69, 9.17) is 10.6 Å². The predicted octanol–water partition coefficient (Wildman–Crippen LogP) is 0.925. The molecule has 86 valence electrons. The van der Waals surface area contributed by atoms with Crippen LogP contribution in [0.1, 0.15) is 12.0 Å².